The molecule has 0 bridgehead atoms. The minimum Gasteiger partial charge on any atom is -0.496 e. The number of aryl methyl sites for hydroxylation is 1. The van der Waals surface area contributed by atoms with E-state index < -0.39 is 0 Å². The van der Waals surface area contributed by atoms with E-state index in [1.165, 1.54) is 0 Å². The summed E-state index contributed by atoms with van der Waals surface area (Å²) in [5.74, 6) is 0.538. The molecule has 0 saturated heterocycles. The summed E-state index contributed by atoms with van der Waals surface area (Å²) in [4.78, 5) is 12.2. The second kappa shape index (κ2) is 6.41. The van der Waals surface area contributed by atoms with Gasteiger partial charge < -0.3 is 10.1 Å². The monoisotopic (exact) mass is 397 g/mol. The first-order chi connectivity index (χ1) is 9.51. The van der Waals surface area contributed by atoms with E-state index in [0.29, 0.717) is 11.3 Å². The fraction of sp³-hybridized carbons (Fsp3) is 0.133. The van der Waals surface area contributed by atoms with Crippen molar-refractivity contribution in [1.29, 1.82) is 0 Å². The molecule has 2 aromatic rings. The Bertz CT molecular complexity index is 656. The lowest BCUT2D eigenvalue weighted by Crippen LogP contribution is -2.12. The Labute approximate surface area is 134 Å². The molecular weight excluding hydrogens is 386 g/mol. The molecule has 0 aliphatic carbocycles. The third kappa shape index (κ3) is 3.41. The van der Waals surface area contributed by atoms with Gasteiger partial charge in [0.1, 0.15) is 5.75 Å². The molecule has 2 rings (SSSR count). The van der Waals surface area contributed by atoms with Crippen molar-refractivity contribution in [2.24, 2.45) is 0 Å². The zero-order valence-corrected chi connectivity index (χ0v) is 14.2. The van der Waals surface area contributed by atoms with Crippen LogP contribution >= 0.6 is 31.9 Å². The maximum absolute atomic E-state index is 12.2. The second-order valence-electron chi connectivity index (χ2n) is 4.27. The van der Waals surface area contributed by atoms with Crippen LogP contribution in [0.2, 0.25) is 0 Å². The molecule has 0 aromatic heterocycles. The van der Waals surface area contributed by atoms with Crippen molar-refractivity contribution >= 4 is 43.5 Å². The Morgan fingerprint density at radius 1 is 1.10 bits per heavy atom. The summed E-state index contributed by atoms with van der Waals surface area (Å²) in [6.07, 6.45) is 0. The fourth-order valence-electron chi connectivity index (χ4n) is 1.73. The van der Waals surface area contributed by atoms with E-state index in [2.05, 4.69) is 37.2 Å². The molecule has 0 aliphatic rings. The minimum atomic E-state index is -0.157. The normalized spacial score (nSPS) is 10.2. The Kier molecular flexibility index (Phi) is 4.83. The van der Waals surface area contributed by atoms with Crippen LogP contribution in [0.15, 0.2) is 45.3 Å². The number of carbonyl (C=O) groups excluding carboxylic acids is 1. The second-order valence-corrected chi connectivity index (χ2v) is 5.98. The Balaban J connectivity index is 2.19. The third-order valence-corrected chi connectivity index (χ3v) is 4.34. The summed E-state index contributed by atoms with van der Waals surface area (Å²) < 4.78 is 6.91. The van der Waals surface area contributed by atoms with Crippen molar-refractivity contribution in [1.82, 2.24) is 0 Å². The maximum Gasteiger partial charge on any atom is 0.255 e. The number of hydrogen-bond donors (Lipinski definition) is 1. The molecule has 0 heterocycles. The zero-order chi connectivity index (χ0) is 14.7. The zero-order valence-electron chi connectivity index (χ0n) is 11.0. The van der Waals surface area contributed by atoms with Gasteiger partial charge in [-0.3, -0.25) is 4.79 Å². The SMILES string of the molecule is COc1ccc(C(=O)Nc2ccc(Br)c(C)c2)cc1Br. The van der Waals surface area contributed by atoms with Gasteiger partial charge in [-0.25, -0.2) is 0 Å². The summed E-state index contributed by atoms with van der Waals surface area (Å²) in [5.41, 5.74) is 2.40. The van der Waals surface area contributed by atoms with E-state index in [1.807, 2.05) is 25.1 Å². The van der Waals surface area contributed by atoms with Gasteiger partial charge in [0.2, 0.25) is 0 Å². The number of carbonyl (C=O) groups is 1. The summed E-state index contributed by atoms with van der Waals surface area (Å²) in [6, 6.07) is 10.9. The van der Waals surface area contributed by atoms with Crippen LogP contribution in [0.5, 0.6) is 5.75 Å². The van der Waals surface area contributed by atoms with Gasteiger partial charge in [-0.2, -0.15) is 0 Å². The quantitative estimate of drug-likeness (QED) is 0.807. The van der Waals surface area contributed by atoms with Crippen molar-refractivity contribution in [2.75, 3.05) is 12.4 Å². The topological polar surface area (TPSA) is 38.3 Å². The van der Waals surface area contributed by atoms with Gasteiger partial charge >= 0.3 is 0 Å². The van der Waals surface area contributed by atoms with E-state index in [0.717, 1.165) is 20.2 Å². The fourth-order valence-corrected chi connectivity index (χ4v) is 2.52. The molecule has 0 aliphatic heterocycles. The third-order valence-electron chi connectivity index (χ3n) is 2.83. The predicted octanol–water partition coefficient (Wildman–Crippen LogP) is 4.78. The average Bonchev–Trinajstić information content (AvgIpc) is 2.42. The first-order valence-corrected chi connectivity index (χ1v) is 7.51. The number of methoxy groups -OCH3 is 1. The van der Waals surface area contributed by atoms with Crippen molar-refractivity contribution in [3.05, 3.63) is 56.5 Å². The number of amides is 1. The number of hydrogen-bond acceptors (Lipinski definition) is 2. The number of anilines is 1. The number of nitrogens with one attached hydrogen (secondary N) is 1. The molecule has 0 radical (unpaired) electrons. The van der Waals surface area contributed by atoms with Crippen molar-refractivity contribution in [3.8, 4) is 5.75 Å². The molecule has 0 atom stereocenters. The van der Waals surface area contributed by atoms with Crippen LogP contribution in [0.1, 0.15) is 15.9 Å². The van der Waals surface area contributed by atoms with Gasteiger partial charge in [-0.05, 0) is 64.8 Å². The van der Waals surface area contributed by atoms with Gasteiger partial charge in [-0.1, -0.05) is 15.9 Å². The molecule has 0 spiro atoms. The summed E-state index contributed by atoms with van der Waals surface area (Å²) in [6.45, 7) is 1.98. The molecule has 0 unspecified atom stereocenters. The highest BCUT2D eigenvalue weighted by molar-refractivity contribution is 9.10. The van der Waals surface area contributed by atoms with Crippen LogP contribution in [0.3, 0.4) is 0 Å². The predicted molar refractivity (Wildman–Crippen MR) is 87.5 cm³/mol. The van der Waals surface area contributed by atoms with Crippen molar-refractivity contribution in [3.63, 3.8) is 0 Å². The lowest BCUT2D eigenvalue weighted by Gasteiger charge is -2.09. The van der Waals surface area contributed by atoms with E-state index in [-0.39, 0.29) is 5.91 Å². The average molecular weight is 399 g/mol. The van der Waals surface area contributed by atoms with E-state index in [1.54, 1.807) is 25.3 Å². The first kappa shape index (κ1) is 15.1. The highest BCUT2D eigenvalue weighted by atomic mass is 79.9. The van der Waals surface area contributed by atoms with Crippen LogP contribution in [0.25, 0.3) is 0 Å². The van der Waals surface area contributed by atoms with E-state index in [9.17, 15) is 4.79 Å². The summed E-state index contributed by atoms with van der Waals surface area (Å²) in [5, 5.41) is 2.87. The number of halogens is 2. The minimum absolute atomic E-state index is 0.157. The van der Waals surface area contributed by atoms with Gasteiger partial charge in [0.05, 0.1) is 11.6 Å². The van der Waals surface area contributed by atoms with Crippen molar-refractivity contribution in [2.45, 2.75) is 6.92 Å². The Morgan fingerprint density at radius 3 is 2.45 bits per heavy atom. The van der Waals surface area contributed by atoms with Crippen LogP contribution in [0.4, 0.5) is 5.69 Å². The molecule has 2 aromatic carbocycles. The number of benzene rings is 2. The van der Waals surface area contributed by atoms with E-state index >= 15 is 0 Å². The Morgan fingerprint density at radius 2 is 1.85 bits per heavy atom. The van der Waals surface area contributed by atoms with Crippen LogP contribution < -0.4 is 10.1 Å². The van der Waals surface area contributed by atoms with Gasteiger partial charge in [-0.15, -0.1) is 0 Å². The molecule has 20 heavy (non-hydrogen) atoms. The number of ether oxygens (including phenoxy) is 1. The molecule has 0 saturated carbocycles. The lowest BCUT2D eigenvalue weighted by atomic mass is 10.2. The molecular formula is C15H13Br2NO2. The molecule has 1 N–H and O–H groups in total. The van der Waals surface area contributed by atoms with E-state index in [4.69, 9.17) is 4.74 Å². The lowest BCUT2D eigenvalue weighted by molar-refractivity contribution is 0.102. The Hall–Kier alpha value is -1.33. The largest absolute Gasteiger partial charge is 0.496 e. The molecule has 0 fully saturated rings. The van der Waals surface area contributed by atoms with Crippen LogP contribution in [-0.4, -0.2) is 13.0 Å². The van der Waals surface area contributed by atoms with Crippen molar-refractivity contribution < 1.29 is 9.53 Å². The summed E-state index contributed by atoms with van der Waals surface area (Å²) >= 11 is 6.80. The van der Waals surface area contributed by atoms with Gasteiger partial charge in [0.15, 0.2) is 0 Å². The highest BCUT2D eigenvalue weighted by Crippen LogP contribution is 2.26. The molecule has 3 nitrogen and oxygen atoms in total. The maximum atomic E-state index is 12.2. The summed E-state index contributed by atoms with van der Waals surface area (Å²) in [7, 11) is 1.59. The van der Waals surface area contributed by atoms with Crippen LogP contribution in [-0.2, 0) is 0 Å². The molecule has 1 amide bonds. The molecule has 104 valence electrons. The van der Waals surface area contributed by atoms with Gasteiger partial charge in [0.25, 0.3) is 5.91 Å². The standard InChI is InChI=1S/C15H13Br2NO2/c1-9-7-11(4-5-12(9)16)18-15(19)10-3-6-14(20-2)13(17)8-10/h3-8H,1-2H3,(H,18,19). The molecule has 5 heteroatoms. The van der Waals surface area contributed by atoms with Gasteiger partial charge in [0, 0.05) is 15.7 Å². The smallest absolute Gasteiger partial charge is 0.255 e. The highest BCUT2D eigenvalue weighted by Gasteiger charge is 2.09. The van der Waals surface area contributed by atoms with Crippen LogP contribution in [0, 0.1) is 6.92 Å². The number of rotatable bonds is 3. The first-order valence-electron chi connectivity index (χ1n) is 5.92.